The molecule has 0 aliphatic carbocycles. The summed E-state index contributed by atoms with van der Waals surface area (Å²) >= 11 is 5.32. The van der Waals surface area contributed by atoms with E-state index in [9.17, 15) is 0 Å². The molecule has 1 N–H and O–H groups in total. The maximum Gasteiger partial charge on any atom is 0.0206 e. The third-order valence-electron chi connectivity index (χ3n) is 1.70. The maximum absolute atomic E-state index is 3.45. The molecule has 0 aliphatic heterocycles. The minimum absolute atomic E-state index is 0.958. The van der Waals surface area contributed by atoms with Crippen LogP contribution in [-0.2, 0) is 6.54 Å². The van der Waals surface area contributed by atoms with Gasteiger partial charge in [-0.3, -0.25) is 0 Å². The lowest BCUT2D eigenvalue weighted by molar-refractivity contribution is 0.732. The normalized spacial score (nSPS) is 10.3. The summed E-state index contributed by atoms with van der Waals surface area (Å²) in [5.41, 5.74) is 1.33. The third kappa shape index (κ3) is 4.69. The van der Waals surface area contributed by atoms with Crippen molar-refractivity contribution >= 4 is 27.7 Å². The summed E-state index contributed by atoms with van der Waals surface area (Å²) in [7, 11) is 0. The molecule has 0 bridgehead atoms. The molecule has 1 rings (SSSR count). The van der Waals surface area contributed by atoms with Crippen LogP contribution in [0.4, 0.5) is 0 Å². The molecule has 0 aromatic heterocycles. The molecule has 1 nitrogen and oxygen atoms in total. The summed E-state index contributed by atoms with van der Waals surface area (Å²) in [6, 6.07) is 8.39. The second-order valence-corrected chi connectivity index (χ2v) is 4.70. The molecule has 0 saturated heterocycles. The molecular weight excluding hydrogens is 246 g/mol. The standard InChI is InChI=1S/C10H14BrNS/c1-13-6-5-12-8-9-3-2-4-10(11)7-9/h2-4,7,12H,5-6,8H2,1H3. The molecule has 3 heteroatoms. The van der Waals surface area contributed by atoms with Crippen molar-refractivity contribution in [1.82, 2.24) is 5.32 Å². The maximum atomic E-state index is 3.45. The molecule has 0 saturated carbocycles. The fraction of sp³-hybridized carbons (Fsp3) is 0.400. The van der Waals surface area contributed by atoms with E-state index in [-0.39, 0.29) is 0 Å². The number of thioether (sulfide) groups is 1. The zero-order valence-corrected chi connectivity index (χ0v) is 10.1. The van der Waals surface area contributed by atoms with E-state index in [0.29, 0.717) is 0 Å². The van der Waals surface area contributed by atoms with Gasteiger partial charge in [0.2, 0.25) is 0 Å². The average molecular weight is 260 g/mol. The first kappa shape index (κ1) is 11.1. The van der Waals surface area contributed by atoms with Crippen LogP contribution in [0.1, 0.15) is 5.56 Å². The minimum atomic E-state index is 0.958. The van der Waals surface area contributed by atoms with Crippen LogP contribution >= 0.6 is 27.7 Å². The van der Waals surface area contributed by atoms with E-state index in [1.807, 2.05) is 17.8 Å². The van der Waals surface area contributed by atoms with Crippen molar-refractivity contribution in [3.05, 3.63) is 34.3 Å². The Hall–Kier alpha value is 0.01000. The van der Waals surface area contributed by atoms with Gasteiger partial charge in [-0.25, -0.2) is 0 Å². The Bertz CT molecular complexity index is 252. The van der Waals surface area contributed by atoms with Crippen molar-refractivity contribution < 1.29 is 0 Å². The third-order valence-corrected chi connectivity index (χ3v) is 2.81. The smallest absolute Gasteiger partial charge is 0.0206 e. The highest BCUT2D eigenvalue weighted by atomic mass is 79.9. The van der Waals surface area contributed by atoms with Gasteiger partial charge in [0.25, 0.3) is 0 Å². The number of hydrogen-bond acceptors (Lipinski definition) is 2. The van der Waals surface area contributed by atoms with Crippen LogP contribution in [0, 0.1) is 0 Å². The van der Waals surface area contributed by atoms with Gasteiger partial charge in [0.05, 0.1) is 0 Å². The van der Waals surface area contributed by atoms with Crippen molar-refractivity contribution in [2.24, 2.45) is 0 Å². The highest BCUT2D eigenvalue weighted by Gasteiger charge is 1.92. The number of nitrogens with one attached hydrogen (secondary N) is 1. The molecule has 0 amide bonds. The summed E-state index contributed by atoms with van der Waals surface area (Å²) < 4.78 is 1.15. The topological polar surface area (TPSA) is 12.0 Å². The number of halogens is 1. The highest BCUT2D eigenvalue weighted by Crippen LogP contribution is 2.11. The van der Waals surface area contributed by atoms with Crippen LogP contribution in [0.2, 0.25) is 0 Å². The molecule has 0 aliphatic rings. The SMILES string of the molecule is CSCCNCc1cccc(Br)c1. The lowest BCUT2D eigenvalue weighted by Gasteiger charge is -2.03. The van der Waals surface area contributed by atoms with Crippen molar-refractivity contribution in [1.29, 1.82) is 0 Å². The molecule has 0 radical (unpaired) electrons. The fourth-order valence-corrected chi connectivity index (χ4v) is 1.85. The largest absolute Gasteiger partial charge is 0.312 e. The summed E-state index contributed by atoms with van der Waals surface area (Å²) in [6.07, 6.45) is 2.13. The Morgan fingerprint density at radius 2 is 2.31 bits per heavy atom. The summed E-state index contributed by atoms with van der Waals surface area (Å²) in [5, 5.41) is 3.39. The first-order valence-electron chi connectivity index (χ1n) is 4.27. The van der Waals surface area contributed by atoms with Gasteiger partial charge in [-0.1, -0.05) is 28.1 Å². The Balaban J connectivity index is 2.28. The predicted octanol–water partition coefficient (Wildman–Crippen LogP) is 2.90. The van der Waals surface area contributed by atoms with E-state index >= 15 is 0 Å². The number of benzene rings is 1. The Morgan fingerprint density at radius 1 is 1.46 bits per heavy atom. The second kappa shape index (κ2) is 6.46. The number of hydrogen-bond donors (Lipinski definition) is 1. The molecule has 1 aromatic carbocycles. The molecule has 72 valence electrons. The molecule has 0 heterocycles. The fourth-order valence-electron chi connectivity index (χ4n) is 1.05. The molecule has 0 atom stereocenters. The second-order valence-electron chi connectivity index (χ2n) is 2.80. The van der Waals surface area contributed by atoms with E-state index in [1.165, 1.54) is 11.3 Å². The molecule has 1 aromatic rings. The zero-order chi connectivity index (χ0) is 9.52. The average Bonchev–Trinajstić information content (AvgIpc) is 2.13. The first-order valence-corrected chi connectivity index (χ1v) is 6.45. The number of rotatable bonds is 5. The van der Waals surface area contributed by atoms with Crippen LogP contribution in [0.5, 0.6) is 0 Å². The molecule has 0 fully saturated rings. The van der Waals surface area contributed by atoms with E-state index in [1.54, 1.807) is 0 Å². The van der Waals surface area contributed by atoms with Gasteiger partial charge in [-0.15, -0.1) is 0 Å². The Kier molecular flexibility index (Phi) is 5.51. The van der Waals surface area contributed by atoms with Gasteiger partial charge in [0.15, 0.2) is 0 Å². The monoisotopic (exact) mass is 259 g/mol. The van der Waals surface area contributed by atoms with Gasteiger partial charge >= 0.3 is 0 Å². The van der Waals surface area contributed by atoms with Crippen molar-refractivity contribution in [2.45, 2.75) is 6.54 Å². The van der Waals surface area contributed by atoms with Crippen molar-refractivity contribution in [2.75, 3.05) is 18.6 Å². The van der Waals surface area contributed by atoms with E-state index in [2.05, 4.69) is 45.7 Å². The summed E-state index contributed by atoms with van der Waals surface area (Å²) in [4.78, 5) is 0. The van der Waals surface area contributed by atoms with Crippen LogP contribution in [-0.4, -0.2) is 18.6 Å². The van der Waals surface area contributed by atoms with Crippen LogP contribution in [0.3, 0.4) is 0 Å². The highest BCUT2D eigenvalue weighted by molar-refractivity contribution is 9.10. The van der Waals surface area contributed by atoms with Gasteiger partial charge in [0.1, 0.15) is 0 Å². The molecule has 0 unspecified atom stereocenters. The van der Waals surface area contributed by atoms with E-state index in [0.717, 1.165) is 17.6 Å². The van der Waals surface area contributed by atoms with Gasteiger partial charge < -0.3 is 5.32 Å². The van der Waals surface area contributed by atoms with Gasteiger partial charge in [0, 0.05) is 23.3 Å². The zero-order valence-electron chi connectivity index (χ0n) is 7.72. The summed E-state index contributed by atoms with van der Waals surface area (Å²) in [6.45, 7) is 2.04. The quantitative estimate of drug-likeness (QED) is 0.817. The lowest BCUT2D eigenvalue weighted by Crippen LogP contribution is -2.16. The van der Waals surface area contributed by atoms with E-state index < -0.39 is 0 Å². The van der Waals surface area contributed by atoms with Crippen molar-refractivity contribution in [3.8, 4) is 0 Å². The Labute approximate surface area is 92.4 Å². The van der Waals surface area contributed by atoms with Crippen LogP contribution in [0.15, 0.2) is 28.7 Å². The molecular formula is C10H14BrNS. The van der Waals surface area contributed by atoms with Crippen LogP contribution < -0.4 is 5.32 Å². The molecule has 0 spiro atoms. The van der Waals surface area contributed by atoms with Crippen molar-refractivity contribution in [3.63, 3.8) is 0 Å². The molecule has 13 heavy (non-hydrogen) atoms. The summed E-state index contributed by atoms with van der Waals surface area (Å²) in [5.74, 6) is 1.17. The van der Waals surface area contributed by atoms with Gasteiger partial charge in [-0.2, -0.15) is 11.8 Å². The van der Waals surface area contributed by atoms with E-state index in [4.69, 9.17) is 0 Å². The minimum Gasteiger partial charge on any atom is -0.312 e. The van der Waals surface area contributed by atoms with Gasteiger partial charge in [-0.05, 0) is 24.0 Å². The predicted molar refractivity (Wildman–Crippen MR) is 64.2 cm³/mol. The van der Waals surface area contributed by atoms with Crippen LogP contribution in [0.25, 0.3) is 0 Å². The lowest BCUT2D eigenvalue weighted by atomic mass is 10.2. The first-order chi connectivity index (χ1) is 6.33. The Morgan fingerprint density at radius 3 is 3.00 bits per heavy atom.